The fraction of sp³-hybridized carbons (Fsp3) is 0.348. The van der Waals surface area contributed by atoms with Crippen molar-refractivity contribution in [1.82, 2.24) is 4.90 Å². The van der Waals surface area contributed by atoms with E-state index >= 15 is 0 Å². The van der Waals surface area contributed by atoms with Crippen LogP contribution in [0.1, 0.15) is 53.6 Å². The first-order valence-corrected chi connectivity index (χ1v) is 10.0. The van der Waals surface area contributed by atoms with Crippen LogP contribution < -0.4 is 4.90 Å². The molecule has 2 heterocycles. The van der Waals surface area contributed by atoms with Gasteiger partial charge in [-0.2, -0.15) is 0 Å². The number of benzene rings is 2. The van der Waals surface area contributed by atoms with Gasteiger partial charge in [-0.15, -0.1) is 0 Å². The highest BCUT2D eigenvalue weighted by molar-refractivity contribution is 6.08. The quantitative estimate of drug-likeness (QED) is 0.751. The Morgan fingerprint density at radius 3 is 2.31 bits per heavy atom. The monoisotopic (exact) mass is 392 g/mol. The molecule has 5 nitrogen and oxygen atoms in total. The second-order valence-corrected chi connectivity index (χ2v) is 8.23. The van der Waals surface area contributed by atoms with E-state index < -0.39 is 0 Å². The molecule has 1 saturated carbocycles. The first kappa shape index (κ1) is 18.0. The number of hydrogen-bond acceptors (Lipinski definition) is 3. The van der Waals surface area contributed by atoms with Gasteiger partial charge >= 0.3 is 0 Å². The minimum Gasteiger partial charge on any atom is -0.307 e. The van der Waals surface area contributed by atoms with Crippen LogP contribution in [-0.2, 0) is 21.5 Å². The van der Waals surface area contributed by atoms with Gasteiger partial charge in [0.25, 0.3) is 5.91 Å². The summed E-state index contributed by atoms with van der Waals surface area (Å²) in [6, 6.07) is 11.9. The molecule has 1 spiro atoms. The lowest BCUT2D eigenvalue weighted by atomic mass is 9.65. The van der Waals surface area contributed by atoms with Crippen molar-refractivity contribution < 1.29 is 18.8 Å². The van der Waals surface area contributed by atoms with Gasteiger partial charge in [0.2, 0.25) is 11.8 Å². The predicted molar refractivity (Wildman–Crippen MR) is 105 cm³/mol. The molecule has 0 radical (unpaired) electrons. The van der Waals surface area contributed by atoms with E-state index in [4.69, 9.17) is 0 Å². The van der Waals surface area contributed by atoms with Crippen LogP contribution in [0.25, 0.3) is 0 Å². The maximum Gasteiger partial charge on any atom is 0.258 e. The molecule has 148 valence electrons. The Bertz CT molecular complexity index is 1010. The van der Waals surface area contributed by atoms with Crippen LogP contribution in [0.2, 0.25) is 0 Å². The summed E-state index contributed by atoms with van der Waals surface area (Å²) in [4.78, 5) is 39.7. The number of imide groups is 1. The molecular formula is C23H21FN2O3. The molecule has 0 atom stereocenters. The third-order valence-corrected chi connectivity index (χ3v) is 6.53. The third kappa shape index (κ3) is 2.77. The van der Waals surface area contributed by atoms with Crippen molar-refractivity contribution in [2.45, 2.75) is 44.1 Å². The van der Waals surface area contributed by atoms with Gasteiger partial charge in [0.05, 0.1) is 12.2 Å². The topological polar surface area (TPSA) is 57.7 Å². The van der Waals surface area contributed by atoms with Gasteiger partial charge in [0.15, 0.2) is 0 Å². The first-order chi connectivity index (χ1) is 14.0. The first-order valence-electron chi connectivity index (χ1n) is 10.0. The van der Waals surface area contributed by atoms with E-state index in [0.29, 0.717) is 23.4 Å². The van der Waals surface area contributed by atoms with Gasteiger partial charge < -0.3 is 4.90 Å². The highest BCUT2D eigenvalue weighted by Crippen LogP contribution is 2.53. The Morgan fingerprint density at radius 1 is 1.00 bits per heavy atom. The SMILES string of the molecule is O=C1CCC(=O)N1Cc1ccc(C(=O)N2CC3(CCC3)c3c(F)cccc32)cc1. The Balaban J connectivity index is 1.38. The molecule has 0 unspecified atom stereocenters. The lowest BCUT2D eigenvalue weighted by Gasteiger charge is -2.39. The van der Waals surface area contributed by atoms with E-state index in [2.05, 4.69) is 0 Å². The van der Waals surface area contributed by atoms with Crippen molar-refractivity contribution in [3.05, 3.63) is 65.0 Å². The van der Waals surface area contributed by atoms with Crippen LogP contribution in [0.15, 0.2) is 42.5 Å². The molecule has 5 rings (SSSR count). The molecular weight excluding hydrogens is 371 g/mol. The second kappa shape index (κ2) is 6.51. The van der Waals surface area contributed by atoms with Gasteiger partial charge in [-0.1, -0.05) is 24.6 Å². The molecule has 0 aromatic heterocycles. The summed E-state index contributed by atoms with van der Waals surface area (Å²) in [7, 11) is 0. The fourth-order valence-electron chi connectivity index (χ4n) is 4.81. The zero-order valence-corrected chi connectivity index (χ0v) is 16.0. The van der Waals surface area contributed by atoms with Crippen LogP contribution >= 0.6 is 0 Å². The molecule has 3 aliphatic rings. The normalized spacial score (nSPS) is 19.6. The molecule has 6 heteroatoms. The van der Waals surface area contributed by atoms with Gasteiger partial charge in [0, 0.05) is 35.9 Å². The Kier molecular flexibility index (Phi) is 4.05. The van der Waals surface area contributed by atoms with E-state index in [0.717, 1.165) is 24.8 Å². The molecule has 3 amide bonds. The van der Waals surface area contributed by atoms with E-state index in [1.165, 1.54) is 11.0 Å². The summed E-state index contributed by atoms with van der Waals surface area (Å²) in [5.74, 6) is -0.693. The Labute approximate surface area is 168 Å². The van der Waals surface area contributed by atoms with Gasteiger partial charge in [-0.25, -0.2) is 4.39 Å². The Hall–Kier alpha value is -3.02. The summed E-state index contributed by atoms with van der Waals surface area (Å²) < 4.78 is 14.6. The van der Waals surface area contributed by atoms with Crippen molar-refractivity contribution in [3.63, 3.8) is 0 Å². The van der Waals surface area contributed by atoms with Crippen molar-refractivity contribution in [3.8, 4) is 0 Å². The summed E-state index contributed by atoms with van der Waals surface area (Å²) in [5, 5.41) is 0. The number of likely N-dealkylation sites (tertiary alicyclic amines) is 1. The van der Waals surface area contributed by atoms with Gasteiger partial charge in [0.1, 0.15) is 5.82 Å². The van der Waals surface area contributed by atoms with Crippen molar-refractivity contribution in [2.75, 3.05) is 11.4 Å². The van der Waals surface area contributed by atoms with Crippen LogP contribution in [0.5, 0.6) is 0 Å². The molecule has 2 fully saturated rings. The summed E-state index contributed by atoms with van der Waals surface area (Å²) >= 11 is 0. The van der Waals surface area contributed by atoms with Crippen molar-refractivity contribution in [1.29, 1.82) is 0 Å². The number of amides is 3. The number of carbonyl (C=O) groups excluding carboxylic acids is 3. The largest absolute Gasteiger partial charge is 0.307 e. The summed E-state index contributed by atoms with van der Waals surface area (Å²) in [6.07, 6.45) is 3.39. The van der Waals surface area contributed by atoms with Gasteiger partial charge in [-0.3, -0.25) is 19.3 Å². The standard InChI is InChI=1S/C23H21FN2O3/c24-17-3-1-4-18-21(17)23(11-2-12-23)14-26(18)22(29)16-7-5-15(6-8-16)13-25-19(27)9-10-20(25)28/h1,3-8H,2,9-14H2. The number of nitrogens with zero attached hydrogens (tertiary/aromatic N) is 2. The third-order valence-electron chi connectivity index (χ3n) is 6.53. The molecule has 0 N–H and O–H groups in total. The Morgan fingerprint density at radius 2 is 1.69 bits per heavy atom. The summed E-state index contributed by atoms with van der Waals surface area (Å²) in [6.45, 7) is 0.744. The van der Waals surface area contributed by atoms with E-state index in [-0.39, 0.29) is 48.3 Å². The molecule has 29 heavy (non-hydrogen) atoms. The van der Waals surface area contributed by atoms with E-state index in [1.807, 2.05) is 6.07 Å². The number of fused-ring (bicyclic) bond motifs is 2. The van der Waals surface area contributed by atoms with Crippen molar-refractivity contribution in [2.24, 2.45) is 0 Å². The molecule has 2 aliphatic heterocycles. The van der Waals surface area contributed by atoms with Gasteiger partial charge in [-0.05, 0) is 42.7 Å². The number of hydrogen-bond donors (Lipinski definition) is 0. The molecule has 2 aromatic rings. The highest BCUT2D eigenvalue weighted by atomic mass is 19.1. The van der Waals surface area contributed by atoms with Crippen LogP contribution in [0.3, 0.4) is 0 Å². The molecule has 0 bridgehead atoms. The molecule has 2 aromatic carbocycles. The minimum absolute atomic E-state index is 0.152. The zero-order chi connectivity index (χ0) is 20.2. The van der Waals surface area contributed by atoms with Crippen LogP contribution in [0.4, 0.5) is 10.1 Å². The zero-order valence-electron chi connectivity index (χ0n) is 16.0. The highest BCUT2D eigenvalue weighted by Gasteiger charge is 2.50. The average Bonchev–Trinajstić information content (AvgIpc) is 3.22. The lowest BCUT2D eigenvalue weighted by molar-refractivity contribution is -0.139. The van der Waals surface area contributed by atoms with Crippen LogP contribution in [-0.4, -0.2) is 29.2 Å². The number of carbonyl (C=O) groups is 3. The second-order valence-electron chi connectivity index (χ2n) is 8.23. The number of halogens is 1. The fourth-order valence-corrected chi connectivity index (χ4v) is 4.81. The smallest absolute Gasteiger partial charge is 0.258 e. The van der Waals surface area contributed by atoms with Crippen LogP contribution in [0, 0.1) is 5.82 Å². The average molecular weight is 392 g/mol. The summed E-state index contributed by atoms with van der Waals surface area (Å²) in [5.41, 5.74) is 2.43. The van der Waals surface area contributed by atoms with Crippen molar-refractivity contribution >= 4 is 23.4 Å². The lowest BCUT2D eigenvalue weighted by Crippen LogP contribution is -2.41. The maximum atomic E-state index is 14.6. The minimum atomic E-state index is -0.243. The molecule has 1 saturated heterocycles. The van der Waals surface area contributed by atoms with E-state index in [9.17, 15) is 18.8 Å². The molecule has 1 aliphatic carbocycles. The number of anilines is 1. The number of rotatable bonds is 3. The van der Waals surface area contributed by atoms with E-state index in [1.54, 1.807) is 35.2 Å². The maximum absolute atomic E-state index is 14.6. The predicted octanol–water partition coefficient (Wildman–Crippen LogP) is 3.56.